The molecule has 0 aliphatic rings. The van der Waals surface area contributed by atoms with Crippen molar-refractivity contribution in [3.05, 3.63) is 64.0 Å². The highest BCUT2D eigenvalue weighted by molar-refractivity contribution is 7.17. The predicted octanol–water partition coefficient (Wildman–Crippen LogP) is 6.23. The van der Waals surface area contributed by atoms with E-state index < -0.39 is 5.97 Å². The molecule has 172 valence electrons. The number of esters is 1. The largest absolute Gasteiger partial charge is 0.493 e. The summed E-state index contributed by atoms with van der Waals surface area (Å²) in [4.78, 5) is 25.2. The van der Waals surface area contributed by atoms with Gasteiger partial charge in [-0.3, -0.25) is 9.59 Å². The van der Waals surface area contributed by atoms with Crippen molar-refractivity contribution in [2.75, 3.05) is 19.5 Å². The Labute approximate surface area is 201 Å². The molecule has 1 amide bonds. The van der Waals surface area contributed by atoms with Crippen molar-refractivity contribution in [2.45, 2.75) is 20.3 Å². The molecule has 1 heterocycles. The lowest BCUT2D eigenvalue weighted by atomic mass is 10.1. The van der Waals surface area contributed by atoms with Crippen LogP contribution in [0.2, 0.25) is 5.02 Å². The molecule has 0 radical (unpaired) electrons. The van der Waals surface area contributed by atoms with Crippen LogP contribution in [-0.4, -0.2) is 26.1 Å². The van der Waals surface area contributed by atoms with Gasteiger partial charge in [-0.1, -0.05) is 36.7 Å². The van der Waals surface area contributed by atoms with E-state index in [1.54, 1.807) is 18.2 Å². The topological polar surface area (TPSA) is 73.9 Å². The first-order valence-corrected chi connectivity index (χ1v) is 11.4. The third kappa shape index (κ3) is 5.94. The maximum Gasteiger partial charge on any atom is 0.308 e. The second-order valence-corrected chi connectivity index (χ2v) is 8.50. The second kappa shape index (κ2) is 11.0. The summed E-state index contributed by atoms with van der Waals surface area (Å²) in [7, 11) is 2.92. The molecular formula is C25H24ClNO5S. The number of hydrogen-bond acceptors (Lipinski definition) is 6. The van der Waals surface area contributed by atoms with E-state index in [2.05, 4.69) is 18.3 Å². The quantitative estimate of drug-likeness (QED) is 0.233. The minimum atomic E-state index is -0.494. The van der Waals surface area contributed by atoms with Gasteiger partial charge in [0.05, 0.1) is 14.2 Å². The van der Waals surface area contributed by atoms with Gasteiger partial charge in [0.1, 0.15) is 5.00 Å². The van der Waals surface area contributed by atoms with E-state index in [1.165, 1.54) is 38.6 Å². The Kier molecular flexibility index (Phi) is 8.14. The molecule has 3 aromatic rings. The number of amides is 1. The van der Waals surface area contributed by atoms with Crippen molar-refractivity contribution in [1.82, 2.24) is 0 Å². The first-order chi connectivity index (χ1) is 15.9. The fourth-order valence-electron chi connectivity index (χ4n) is 3.16. The smallest absolute Gasteiger partial charge is 0.308 e. The number of ether oxygens (including phenoxy) is 3. The van der Waals surface area contributed by atoms with Crippen molar-refractivity contribution in [3.8, 4) is 28.4 Å². The van der Waals surface area contributed by atoms with Crippen molar-refractivity contribution < 1.29 is 23.8 Å². The average molecular weight is 486 g/mol. The Morgan fingerprint density at radius 1 is 1.06 bits per heavy atom. The van der Waals surface area contributed by atoms with Crippen LogP contribution in [-0.2, 0) is 16.0 Å². The highest BCUT2D eigenvalue weighted by Crippen LogP contribution is 2.40. The molecule has 6 nitrogen and oxygen atoms in total. The van der Waals surface area contributed by atoms with E-state index in [-0.39, 0.29) is 11.7 Å². The van der Waals surface area contributed by atoms with Crippen LogP contribution in [0.1, 0.15) is 24.3 Å². The van der Waals surface area contributed by atoms with Crippen molar-refractivity contribution in [2.24, 2.45) is 0 Å². The zero-order valence-electron chi connectivity index (χ0n) is 18.7. The molecule has 3 rings (SSSR count). The number of benzene rings is 2. The SMILES string of the molecule is CCc1cc(-c2ccccc2Cl)c(NC(=O)C=Cc2cc(OC)c(OC(C)=O)c(OC)c2)s1. The lowest BCUT2D eigenvalue weighted by molar-refractivity contribution is -0.132. The molecule has 0 spiro atoms. The number of aryl methyl sites for hydroxylation is 1. The van der Waals surface area contributed by atoms with Crippen LogP contribution in [0.15, 0.2) is 48.5 Å². The number of thiophene rings is 1. The highest BCUT2D eigenvalue weighted by atomic mass is 35.5. The molecular weight excluding hydrogens is 462 g/mol. The molecule has 0 saturated carbocycles. The van der Waals surface area contributed by atoms with Gasteiger partial charge in [0, 0.05) is 34.0 Å². The van der Waals surface area contributed by atoms with Crippen molar-refractivity contribution in [3.63, 3.8) is 0 Å². The van der Waals surface area contributed by atoms with Crippen LogP contribution in [0.25, 0.3) is 17.2 Å². The average Bonchev–Trinajstić information content (AvgIpc) is 3.20. The molecule has 1 N–H and O–H groups in total. The van der Waals surface area contributed by atoms with Crippen LogP contribution in [0.4, 0.5) is 5.00 Å². The standard InChI is InChI=1S/C25H24ClNO5S/c1-5-17-14-19(18-8-6-7-9-20(18)26)25(33-17)27-23(29)11-10-16-12-21(30-3)24(32-15(2)28)22(13-16)31-4/h6-14H,5H2,1-4H3,(H,27,29). The van der Waals surface area contributed by atoms with Crippen LogP contribution in [0.5, 0.6) is 17.2 Å². The number of anilines is 1. The van der Waals surface area contributed by atoms with E-state index in [0.717, 1.165) is 27.4 Å². The molecule has 8 heteroatoms. The molecule has 2 aromatic carbocycles. The van der Waals surface area contributed by atoms with E-state index in [4.69, 9.17) is 25.8 Å². The van der Waals surface area contributed by atoms with E-state index in [1.807, 2.05) is 24.3 Å². The Morgan fingerprint density at radius 3 is 2.30 bits per heavy atom. The number of carbonyl (C=O) groups excluding carboxylic acids is 2. The van der Waals surface area contributed by atoms with Gasteiger partial charge < -0.3 is 19.5 Å². The number of carbonyl (C=O) groups is 2. The number of hydrogen-bond donors (Lipinski definition) is 1. The summed E-state index contributed by atoms with van der Waals surface area (Å²) in [5.74, 6) is 0.0258. The number of nitrogens with one attached hydrogen (secondary N) is 1. The fourth-order valence-corrected chi connectivity index (χ4v) is 4.41. The molecule has 0 saturated heterocycles. The molecule has 0 bridgehead atoms. The van der Waals surface area contributed by atoms with Gasteiger partial charge in [-0.15, -0.1) is 11.3 Å². The van der Waals surface area contributed by atoms with Gasteiger partial charge in [-0.05, 0) is 42.3 Å². The molecule has 0 aliphatic heterocycles. The molecule has 0 unspecified atom stereocenters. The van der Waals surface area contributed by atoms with E-state index in [0.29, 0.717) is 22.1 Å². The normalized spacial score (nSPS) is 10.8. The monoisotopic (exact) mass is 485 g/mol. The lowest BCUT2D eigenvalue weighted by Gasteiger charge is -2.13. The first kappa shape index (κ1) is 24.4. The Bertz CT molecular complexity index is 1180. The number of halogens is 1. The van der Waals surface area contributed by atoms with Crippen LogP contribution in [0.3, 0.4) is 0 Å². The summed E-state index contributed by atoms with van der Waals surface area (Å²) in [5, 5.41) is 4.31. The zero-order valence-corrected chi connectivity index (χ0v) is 20.3. The Morgan fingerprint density at radius 2 is 1.73 bits per heavy atom. The minimum Gasteiger partial charge on any atom is -0.493 e. The minimum absolute atomic E-state index is 0.184. The molecule has 33 heavy (non-hydrogen) atoms. The van der Waals surface area contributed by atoms with Gasteiger partial charge in [0.25, 0.3) is 0 Å². The third-order valence-corrected chi connectivity index (χ3v) is 6.21. The molecule has 0 fully saturated rings. The van der Waals surface area contributed by atoms with Gasteiger partial charge in [-0.2, -0.15) is 0 Å². The fraction of sp³-hybridized carbons (Fsp3) is 0.200. The first-order valence-electron chi connectivity index (χ1n) is 10.2. The molecule has 0 aliphatic carbocycles. The van der Waals surface area contributed by atoms with Gasteiger partial charge in [0.15, 0.2) is 11.5 Å². The maximum atomic E-state index is 12.7. The summed E-state index contributed by atoms with van der Waals surface area (Å²) in [6, 6.07) is 12.9. The summed E-state index contributed by atoms with van der Waals surface area (Å²) in [6.45, 7) is 3.36. The van der Waals surface area contributed by atoms with Gasteiger partial charge >= 0.3 is 5.97 Å². The maximum absolute atomic E-state index is 12.7. The highest BCUT2D eigenvalue weighted by Gasteiger charge is 2.17. The zero-order chi connectivity index (χ0) is 24.0. The summed E-state index contributed by atoms with van der Waals surface area (Å²) < 4.78 is 15.8. The van der Waals surface area contributed by atoms with E-state index in [9.17, 15) is 9.59 Å². The number of methoxy groups -OCH3 is 2. The summed E-state index contributed by atoms with van der Waals surface area (Å²) in [6.07, 6.45) is 3.89. The van der Waals surface area contributed by atoms with Crippen molar-refractivity contribution >= 4 is 45.9 Å². The van der Waals surface area contributed by atoms with Crippen LogP contribution in [0, 0.1) is 0 Å². The van der Waals surface area contributed by atoms with Crippen molar-refractivity contribution in [1.29, 1.82) is 0 Å². The van der Waals surface area contributed by atoms with Crippen LogP contribution >= 0.6 is 22.9 Å². The van der Waals surface area contributed by atoms with Crippen LogP contribution < -0.4 is 19.5 Å². The van der Waals surface area contributed by atoms with E-state index >= 15 is 0 Å². The van der Waals surface area contributed by atoms with Gasteiger partial charge in [-0.25, -0.2) is 0 Å². The Hall–Kier alpha value is -3.29. The third-order valence-electron chi connectivity index (χ3n) is 4.69. The second-order valence-electron chi connectivity index (χ2n) is 6.96. The summed E-state index contributed by atoms with van der Waals surface area (Å²) >= 11 is 7.91. The van der Waals surface area contributed by atoms with Gasteiger partial charge in [0.2, 0.25) is 11.7 Å². The predicted molar refractivity (Wildman–Crippen MR) is 133 cm³/mol. The Balaban J connectivity index is 1.86. The summed E-state index contributed by atoms with van der Waals surface area (Å²) in [5.41, 5.74) is 2.39. The molecule has 0 atom stereocenters. The molecule has 1 aromatic heterocycles. The lowest BCUT2D eigenvalue weighted by Crippen LogP contribution is -2.07. The number of rotatable bonds is 8.